The minimum absolute atomic E-state index is 0.0669. The van der Waals surface area contributed by atoms with Crippen molar-refractivity contribution >= 4 is 11.7 Å². The summed E-state index contributed by atoms with van der Waals surface area (Å²) in [6.07, 6.45) is 5.18. The number of benzene rings is 1. The largest absolute Gasteiger partial charge is 0.490 e. The van der Waals surface area contributed by atoms with E-state index in [1.807, 2.05) is 24.3 Å². The topological polar surface area (TPSA) is 50.8 Å². The molecule has 1 saturated heterocycles. The third kappa shape index (κ3) is 3.88. The first-order valence-electron chi connectivity index (χ1n) is 7.72. The highest BCUT2D eigenvalue weighted by molar-refractivity contribution is 5.89. The van der Waals surface area contributed by atoms with Gasteiger partial charge in [-0.05, 0) is 49.9 Å². The molecule has 1 aromatic rings. The number of carbonyl (C=O) groups is 1. The van der Waals surface area contributed by atoms with Gasteiger partial charge in [0.25, 0.3) is 0 Å². The predicted octanol–water partition coefficient (Wildman–Crippen LogP) is 2.87. The van der Waals surface area contributed by atoms with E-state index in [-0.39, 0.29) is 6.03 Å². The van der Waals surface area contributed by atoms with Crippen LogP contribution in [0.1, 0.15) is 25.7 Å². The summed E-state index contributed by atoms with van der Waals surface area (Å²) in [4.78, 5) is 13.8. The van der Waals surface area contributed by atoms with E-state index in [0.29, 0.717) is 32.4 Å². The van der Waals surface area contributed by atoms with Crippen LogP contribution in [0.2, 0.25) is 0 Å². The Bertz CT molecular complexity index is 463. The van der Waals surface area contributed by atoms with Gasteiger partial charge in [-0.3, -0.25) is 0 Å². The van der Waals surface area contributed by atoms with Crippen LogP contribution in [0.4, 0.5) is 10.5 Å². The lowest BCUT2D eigenvalue weighted by Gasteiger charge is -2.26. The number of ether oxygens (including phenoxy) is 2. The molecule has 1 aromatic carbocycles. The van der Waals surface area contributed by atoms with Crippen LogP contribution in [0.15, 0.2) is 24.3 Å². The van der Waals surface area contributed by atoms with E-state index in [1.54, 1.807) is 4.90 Å². The normalized spacial score (nSPS) is 19.5. The quantitative estimate of drug-likeness (QED) is 0.931. The Morgan fingerprint density at radius 3 is 2.48 bits per heavy atom. The maximum Gasteiger partial charge on any atom is 0.321 e. The van der Waals surface area contributed by atoms with Crippen LogP contribution in [0, 0.1) is 0 Å². The molecule has 114 valence electrons. The van der Waals surface area contributed by atoms with Gasteiger partial charge in [-0.15, -0.1) is 0 Å². The maximum atomic E-state index is 12.1. The van der Waals surface area contributed by atoms with Gasteiger partial charge in [0.05, 0.1) is 19.3 Å². The first-order chi connectivity index (χ1) is 10.3. The first kappa shape index (κ1) is 14.2. The van der Waals surface area contributed by atoms with Gasteiger partial charge in [-0.25, -0.2) is 4.79 Å². The molecule has 5 nitrogen and oxygen atoms in total. The molecule has 2 aliphatic rings. The van der Waals surface area contributed by atoms with Crippen molar-refractivity contribution in [2.45, 2.75) is 31.8 Å². The molecule has 0 unspecified atom stereocenters. The van der Waals surface area contributed by atoms with Crippen molar-refractivity contribution in [2.75, 3.05) is 31.6 Å². The van der Waals surface area contributed by atoms with E-state index in [2.05, 4.69) is 5.32 Å². The summed E-state index contributed by atoms with van der Waals surface area (Å²) in [7, 11) is 0. The molecule has 1 aliphatic heterocycles. The van der Waals surface area contributed by atoms with Crippen molar-refractivity contribution < 1.29 is 14.3 Å². The number of urea groups is 1. The Morgan fingerprint density at radius 2 is 1.81 bits per heavy atom. The highest BCUT2D eigenvalue weighted by atomic mass is 16.5. The molecule has 0 bridgehead atoms. The number of hydrogen-bond donors (Lipinski definition) is 1. The van der Waals surface area contributed by atoms with E-state index in [4.69, 9.17) is 9.47 Å². The van der Waals surface area contributed by atoms with Gasteiger partial charge in [-0.1, -0.05) is 0 Å². The summed E-state index contributed by atoms with van der Waals surface area (Å²) in [6.45, 7) is 2.52. The Morgan fingerprint density at radius 1 is 1.14 bits per heavy atom. The molecular weight excluding hydrogens is 268 g/mol. The number of nitrogens with zero attached hydrogens (tertiary/aromatic N) is 1. The van der Waals surface area contributed by atoms with Crippen LogP contribution >= 0.6 is 0 Å². The van der Waals surface area contributed by atoms with Crippen LogP contribution in [-0.2, 0) is 4.74 Å². The average Bonchev–Trinajstić information content (AvgIpc) is 3.03. The average molecular weight is 290 g/mol. The molecule has 5 heteroatoms. The summed E-state index contributed by atoms with van der Waals surface area (Å²) < 4.78 is 11.2. The van der Waals surface area contributed by atoms with Crippen molar-refractivity contribution in [3.63, 3.8) is 0 Å². The van der Waals surface area contributed by atoms with Crippen molar-refractivity contribution in [2.24, 2.45) is 0 Å². The van der Waals surface area contributed by atoms with Crippen LogP contribution < -0.4 is 10.1 Å². The molecule has 1 heterocycles. The fourth-order valence-electron chi connectivity index (χ4n) is 2.78. The highest BCUT2D eigenvalue weighted by Crippen LogP contribution is 2.25. The molecule has 0 aromatic heterocycles. The van der Waals surface area contributed by atoms with Crippen LogP contribution in [-0.4, -0.2) is 43.3 Å². The Kier molecular flexibility index (Phi) is 4.60. The van der Waals surface area contributed by atoms with Crippen LogP contribution in [0.25, 0.3) is 0 Å². The molecule has 21 heavy (non-hydrogen) atoms. The maximum absolute atomic E-state index is 12.1. The van der Waals surface area contributed by atoms with Gasteiger partial charge in [0.2, 0.25) is 0 Å². The third-order valence-corrected chi connectivity index (χ3v) is 4.01. The van der Waals surface area contributed by atoms with E-state index >= 15 is 0 Å². The summed E-state index contributed by atoms with van der Waals surface area (Å²) >= 11 is 0. The zero-order valence-corrected chi connectivity index (χ0v) is 12.2. The molecule has 2 amide bonds. The highest BCUT2D eigenvalue weighted by Gasteiger charge is 2.18. The Labute approximate surface area is 125 Å². The summed E-state index contributed by atoms with van der Waals surface area (Å²) in [5.74, 6) is 0.881. The molecule has 0 spiro atoms. The zero-order chi connectivity index (χ0) is 14.5. The van der Waals surface area contributed by atoms with Gasteiger partial charge in [0, 0.05) is 18.8 Å². The minimum atomic E-state index is -0.0669. The fraction of sp³-hybridized carbons (Fsp3) is 0.562. The molecule has 2 fully saturated rings. The van der Waals surface area contributed by atoms with Gasteiger partial charge in [0.15, 0.2) is 0 Å². The molecule has 0 radical (unpaired) electrons. The third-order valence-electron chi connectivity index (χ3n) is 4.01. The number of anilines is 1. The molecular formula is C16H22N2O3. The summed E-state index contributed by atoms with van der Waals surface area (Å²) in [5, 5.41) is 2.91. The van der Waals surface area contributed by atoms with Gasteiger partial charge < -0.3 is 19.7 Å². The number of hydrogen-bond acceptors (Lipinski definition) is 3. The molecule has 1 saturated carbocycles. The second-order valence-electron chi connectivity index (χ2n) is 5.58. The van der Waals surface area contributed by atoms with Gasteiger partial charge in [-0.2, -0.15) is 0 Å². The molecule has 0 atom stereocenters. The monoisotopic (exact) mass is 290 g/mol. The second-order valence-corrected chi connectivity index (χ2v) is 5.58. The first-order valence-corrected chi connectivity index (χ1v) is 7.72. The smallest absolute Gasteiger partial charge is 0.321 e. The van der Waals surface area contributed by atoms with E-state index in [0.717, 1.165) is 24.3 Å². The fourth-order valence-corrected chi connectivity index (χ4v) is 2.78. The molecule has 3 rings (SSSR count). The van der Waals surface area contributed by atoms with Gasteiger partial charge >= 0.3 is 6.03 Å². The number of morpholine rings is 1. The summed E-state index contributed by atoms with van der Waals surface area (Å²) in [6, 6.07) is 7.56. The van der Waals surface area contributed by atoms with Crippen molar-refractivity contribution in [3.05, 3.63) is 24.3 Å². The van der Waals surface area contributed by atoms with Crippen molar-refractivity contribution in [1.82, 2.24) is 4.90 Å². The second kappa shape index (κ2) is 6.80. The number of carbonyl (C=O) groups excluding carboxylic acids is 1. The van der Waals surface area contributed by atoms with Gasteiger partial charge in [0.1, 0.15) is 5.75 Å². The van der Waals surface area contributed by atoms with Crippen LogP contribution in [0.5, 0.6) is 5.75 Å². The molecule has 1 N–H and O–H groups in total. The number of rotatable bonds is 3. The van der Waals surface area contributed by atoms with E-state index in [9.17, 15) is 4.79 Å². The number of nitrogens with one attached hydrogen (secondary N) is 1. The molecule has 1 aliphatic carbocycles. The van der Waals surface area contributed by atoms with Crippen molar-refractivity contribution in [1.29, 1.82) is 0 Å². The lowest BCUT2D eigenvalue weighted by molar-refractivity contribution is 0.0564. The van der Waals surface area contributed by atoms with E-state index < -0.39 is 0 Å². The minimum Gasteiger partial charge on any atom is -0.490 e. The number of amides is 2. The van der Waals surface area contributed by atoms with Crippen molar-refractivity contribution in [3.8, 4) is 5.75 Å². The Hall–Kier alpha value is -1.75. The summed E-state index contributed by atoms with van der Waals surface area (Å²) in [5.41, 5.74) is 0.797. The zero-order valence-electron chi connectivity index (χ0n) is 12.2. The van der Waals surface area contributed by atoms with E-state index in [1.165, 1.54) is 12.8 Å². The Balaban J connectivity index is 1.52. The predicted molar refractivity (Wildman–Crippen MR) is 80.7 cm³/mol. The van der Waals surface area contributed by atoms with Crippen LogP contribution in [0.3, 0.4) is 0 Å². The lowest BCUT2D eigenvalue weighted by Crippen LogP contribution is -2.43. The standard InChI is InChI=1S/C16H22N2O3/c19-16(18-9-11-20-12-10-18)17-13-5-7-15(8-6-13)21-14-3-1-2-4-14/h5-8,14H,1-4,9-12H2,(H,17,19). The lowest BCUT2D eigenvalue weighted by atomic mass is 10.2. The SMILES string of the molecule is O=C(Nc1ccc(OC2CCCC2)cc1)N1CCOCC1.